The molecule has 190 valence electrons. The Labute approximate surface area is 223 Å². The standard InChI is InChI=1S/C26H27Cl2FN4O2S/c1-13-8-33(9-14(2)32-13)10-17-6-16(12-36-17)19-11-34-24-18(19)7-31-26(30)25(24)35-15(3)22-20(27)4-5-21(29)23(22)28/h4-7,11-15,32H,8-10H2,1-3H3,(H2,30,31)/t13?,14?,15-/m1/s1. The fraction of sp³-hybridized carbons (Fsp3) is 0.346. The number of nitrogens with one attached hydrogen (secondary N) is 1. The summed E-state index contributed by atoms with van der Waals surface area (Å²) in [5.41, 5.74) is 8.90. The molecule has 0 radical (unpaired) electrons. The van der Waals surface area contributed by atoms with Crippen LogP contribution in [0.5, 0.6) is 5.75 Å². The lowest BCUT2D eigenvalue weighted by atomic mass is 10.1. The molecule has 6 nitrogen and oxygen atoms in total. The van der Waals surface area contributed by atoms with Gasteiger partial charge in [-0.25, -0.2) is 9.37 Å². The average Bonchev–Trinajstić information content (AvgIpc) is 3.44. The molecule has 0 spiro atoms. The van der Waals surface area contributed by atoms with Crippen LogP contribution in [-0.4, -0.2) is 35.1 Å². The number of furan rings is 1. The van der Waals surface area contributed by atoms with E-state index in [4.69, 9.17) is 38.1 Å². The molecule has 1 fully saturated rings. The first-order valence-electron chi connectivity index (χ1n) is 11.7. The summed E-state index contributed by atoms with van der Waals surface area (Å²) >= 11 is 14.2. The lowest BCUT2D eigenvalue weighted by Crippen LogP contribution is -2.53. The summed E-state index contributed by atoms with van der Waals surface area (Å²) in [7, 11) is 0. The molecule has 2 unspecified atom stereocenters. The molecule has 3 atom stereocenters. The van der Waals surface area contributed by atoms with Crippen molar-refractivity contribution in [3.8, 4) is 16.9 Å². The first-order chi connectivity index (χ1) is 17.2. The van der Waals surface area contributed by atoms with E-state index in [1.807, 2.05) is 0 Å². The van der Waals surface area contributed by atoms with E-state index >= 15 is 0 Å². The number of ether oxygens (including phenoxy) is 1. The maximum absolute atomic E-state index is 14.1. The van der Waals surface area contributed by atoms with Crippen molar-refractivity contribution in [3.05, 3.63) is 62.3 Å². The molecule has 0 bridgehead atoms. The Balaban J connectivity index is 1.42. The number of halogens is 3. The minimum atomic E-state index is -0.694. The van der Waals surface area contributed by atoms with E-state index < -0.39 is 11.9 Å². The van der Waals surface area contributed by atoms with E-state index in [2.05, 4.69) is 40.5 Å². The summed E-state index contributed by atoms with van der Waals surface area (Å²) < 4.78 is 26.1. The molecule has 0 aliphatic carbocycles. The summed E-state index contributed by atoms with van der Waals surface area (Å²) in [5, 5.41) is 6.68. The van der Waals surface area contributed by atoms with Crippen LogP contribution in [0.1, 0.15) is 37.3 Å². The molecule has 3 N–H and O–H groups in total. The predicted octanol–water partition coefficient (Wildman–Crippen LogP) is 6.91. The molecule has 1 aliphatic rings. The second kappa shape index (κ2) is 10.2. The van der Waals surface area contributed by atoms with E-state index in [1.165, 1.54) is 17.0 Å². The number of benzene rings is 1. The normalized spacial score (nSPS) is 19.6. The number of anilines is 1. The van der Waals surface area contributed by atoms with Crippen molar-refractivity contribution in [1.82, 2.24) is 15.2 Å². The third-order valence-electron chi connectivity index (χ3n) is 6.36. The number of nitrogens with zero attached hydrogens (tertiary/aromatic N) is 2. The molecule has 1 saturated heterocycles. The van der Waals surface area contributed by atoms with Gasteiger partial charge >= 0.3 is 0 Å². The van der Waals surface area contributed by atoms with E-state index in [0.29, 0.717) is 28.3 Å². The minimum absolute atomic E-state index is 0.0899. The third kappa shape index (κ3) is 4.93. The van der Waals surface area contributed by atoms with Gasteiger partial charge in [0.15, 0.2) is 11.4 Å². The van der Waals surface area contributed by atoms with Gasteiger partial charge < -0.3 is 20.2 Å². The Morgan fingerprint density at radius 2 is 2.06 bits per heavy atom. The van der Waals surface area contributed by atoms with Gasteiger partial charge in [-0.3, -0.25) is 4.90 Å². The van der Waals surface area contributed by atoms with Crippen molar-refractivity contribution < 1.29 is 13.5 Å². The third-order valence-corrected chi connectivity index (χ3v) is 7.99. The maximum atomic E-state index is 14.1. The second-order valence-electron chi connectivity index (χ2n) is 9.35. The minimum Gasteiger partial charge on any atom is -0.478 e. The smallest absolute Gasteiger partial charge is 0.205 e. The highest BCUT2D eigenvalue weighted by molar-refractivity contribution is 7.10. The van der Waals surface area contributed by atoms with Crippen molar-refractivity contribution in [2.24, 2.45) is 0 Å². The molecule has 0 saturated carbocycles. The zero-order chi connectivity index (χ0) is 25.6. The Morgan fingerprint density at radius 1 is 1.31 bits per heavy atom. The Kier molecular flexibility index (Phi) is 7.16. The lowest BCUT2D eigenvalue weighted by Gasteiger charge is -2.35. The number of thiophene rings is 1. The van der Waals surface area contributed by atoms with Crippen molar-refractivity contribution >= 4 is 51.3 Å². The fourth-order valence-electron chi connectivity index (χ4n) is 4.86. The molecular formula is C26H27Cl2FN4O2S. The maximum Gasteiger partial charge on any atom is 0.205 e. The predicted molar refractivity (Wildman–Crippen MR) is 145 cm³/mol. The molecular weight excluding hydrogens is 522 g/mol. The molecule has 3 aromatic heterocycles. The van der Waals surface area contributed by atoms with Crippen LogP contribution in [0.3, 0.4) is 0 Å². The Hall–Kier alpha value is -2.36. The molecule has 1 aliphatic heterocycles. The summed E-state index contributed by atoms with van der Waals surface area (Å²) in [5.74, 6) is -0.150. The van der Waals surface area contributed by atoms with Gasteiger partial charge in [-0.05, 0) is 49.9 Å². The number of piperazine rings is 1. The molecule has 10 heteroatoms. The van der Waals surface area contributed by atoms with Gasteiger partial charge in [0.25, 0.3) is 0 Å². The van der Waals surface area contributed by atoms with Crippen LogP contribution < -0.4 is 15.8 Å². The van der Waals surface area contributed by atoms with Crippen molar-refractivity contribution in [2.45, 2.75) is 45.5 Å². The number of pyridine rings is 1. The van der Waals surface area contributed by atoms with E-state index in [1.54, 1.807) is 30.7 Å². The van der Waals surface area contributed by atoms with E-state index in [0.717, 1.165) is 36.1 Å². The Morgan fingerprint density at radius 3 is 2.81 bits per heavy atom. The summed E-state index contributed by atoms with van der Waals surface area (Å²) in [6.45, 7) is 9.10. The summed E-state index contributed by atoms with van der Waals surface area (Å²) in [4.78, 5) is 8.09. The van der Waals surface area contributed by atoms with Gasteiger partial charge in [-0.2, -0.15) is 0 Å². The zero-order valence-corrected chi connectivity index (χ0v) is 22.5. The quantitative estimate of drug-likeness (QED) is 0.255. The first kappa shape index (κ1) is 25.3. The number of hydrogen-bond donors (Lipinski definition) is 2. The van der Waals surface area contributed by atoms with Gasteiger partial charge in [0.05, 0.1) is 16.7 Å². The van der Waals surface area contributed by atoms with Crippen LogP contribution in [0.4, 0.5) is 10.2 Å². The molecule has 4 heterocycles. The molecule has 4 aromatic rings. The number of nitrogens with two attached hydrogens (primary N) is 1. The number of aromatic nitrogens is 1. The molecule has 36 heavy (non-hydrogen) atoms. The fourth-order valence-corrected chi connectivity index (χ4v) is 6.47. The SMILES string of the molecule is CC1CN(Cc2cc(-c3coc4c(O[C@H](C)c5c(Cl)ccc(F)c5Cl)c(N)ncc34)cs2)CC(C)N1. The van der Waals surface area contributed by atoms with Crippen LogP contribution >= 0.6 is 34.5 Å². The van der Waals surface area contributed by atoms with Crippen LogP contribution in [-0.2, 0) is 6.54 Å². The van der Waals surface area contributed by atoms with Crippen LogP contribution in [0.2, 0.25) is 10.0 Å². The number of nitrogen functional groups attached to an aromatic ring is 1. The Bertz CT molecular complexity index is 1400. The number of fused-ring (bicyclic) bond motifs is 1. The van der Waals surface area contributed by atoms with Gasteiger partial charge in [-0.15, -0.1) is 11.3 Å². The van der Waals surface area contributed by atoms with Gasteiger partial charge in [0.2, 0.25) is 5.75 Å². The van der Waals surface area contributed by atoms with Crippen molar-refractivity contribution in [3.63, 3.8) is 0 Å². The van der Waals surface area contributed by atoms with Crippen molar-refractivity contribution in [1.29, 1.82) is 0 Å². The lowest BCUT2D eigenvalue weighted by molar-refractivity contribution is 0.168. The monoisotopic (exact) mass is 548 g/mol. The van der Waals surface area contributed by atoms with Crippen LogP contribution in [0, 0.1) is 5.82 Å². The zero-order valence-electron chi connectivity index (χ0n) is 20.1. The summed E-state index contributed by atoms with van der Waals surface area (Å²) in [6, 6.07) is 5.80. The molecule has 5 rings (SSSR count). The van der Waals surface area contributed by atoms with E-state index in [9.17, 15) is 4.39 Å². The number of rotatable bonds is 6. The highest BCUT2D eigenvalue weighted by Crippen LogP contribution is 2.42. The molecule has 0 amide bonds. The van der Waals surface area contributed by atoms with Gasteiger partial charge in [0, 0.05) is 58.9 Å². The topological polar surface area (TPSA) is 76.6 Å². The summed E-state index contributed by atoms with van der Waals surface area (Å²) in [6.07, 6.45) is 2.67. The van der Waals surface area contributed by atoms with Gasteiger partial charge in [-0.1, -0.05) is 23.2 Å². The largest absolute Gasteiger partial charge is 0.478 e. The van der Waals surface area contributed by atoms with Crippen LogP contribution in [0.25, 0.3) is 22.1 Å². The first-order valence-corrected chi connectivity index (χ1v) is 13.4. The average molecular weight is 549 g/mol. The molecule has 1 aromatic carbocycles. The highest BCUT2D eigenvalue weighted by Gasteiger charge is 2.24. The second-order valence-corrected chi connectivity index (χ2v) is 11.1. The van der Waals surface area contributed by atoms with Crippen LogP contribution in [0.15, 0.2) is 40.5 Å². The van der Waals surface area contributed by atoms with Crippen molar-refractivity contribution in [2.75, 3.05) is 18.8 Å². The highest BCUT2D eigenvalue weighted by atomic mass is 35.5. The van der Waals surface area contributed by atoms with E-state index in [-0.39, 0.29) is 16.6 Å². The van der Waals surface area contributed by atoms with Gasteiger partial charge in [0.1, 0.15) is 11.9 Å². The number of hydrogen-bond acceptors (Lipinski definition) is 7.